The van der Waals surface area contributed by atoms with Gasteiger partial charge in [-0.2, -0.15) is 4.52 Å². The molecule has 0 fully saturated rings. The average molecular weight is 201 g/mol. The van der Waals surface area contributed by atoms with Crippen molar-refractivity contribution in [3.05, 3.63) is 10.8 Å². The van der Waals surface area contributed by atoms with E-state index in [4.69, 9.17) is 0 Å². The maximum Gasteiger partial charge on any atom is 0.274 e. The highest BCUT2D eigenvalue weighted by Gasteiger charge is 2.00. The Kier molecular flexibility index (Phi) is 1.10. The molecule has 0 aliphatic rings. The number of rotatable bonds is 0. The van der Waals surface area contributed by atoms with E-state index in [1.807, 2.05) is 0 Å². The van der Waals surface area contributed by atoms with Crippen molar-refractivity contribution in [2.45, 2.75) is 0 Å². The summed E-state index contributed by atoms with van der Waals surface area (Å²) in [7, 11) is 0. The molecule has 0 amide bonds. The summed E-state index contributed by atoms with van der Waals surface area (Å²) in [6.45, 7) is 0. The van der Waals surface area contributed by atoms with Crippen LogP contribution in [0, 0.1) is 0 Å². The number of hydrogen-bond donors (Lipinski definition) is 0. The lowest BCUT2D eigenvalue weighted by atomic mass is 11.0. The summed E-state index contributed by atoms with van der Waals surface area (Å²) < 4.78 is 2.15. The monoisotopic (exact) mass is 200 g/mol. The van der Waals surface area contributed by atoms with Crippen molar-refractivity contribution in [3.8, 4) is 0 Å². The number of halogens is 1. The summed E-state index contributed by atoms with van der Waals surface area (Å²) in [5.74, 6) is 0.432. The molecule has 10 heavy (non-hydrogen) atoms. The third kappa shape index (κ3) is 0.670. The van der Waals surface area contributed by atoms with Crippen molar-refractivity contribution in [3.63, 3.8) is 0 Å². The smallest absolute Gasteiger partial charge is 0.215 e. The SMILES string of the molecule is Brc1cnc2nnnnn12. The van der Waals surface area contributed by atoms with Gasteiger partial charge in [0.15, 0.2) is 0 Å². The summed E-state index contributed by atoms with van der Waals surface area (Å²) >= 11 is 3.20. The average Bonchev–Trinajstić information content (AvgIpc) is 2.34. The van der Waals surface area contributed by atoms with E-state index in [1.54, 1.807) is 6.20 Å². The van der Waals surface area contributed by atoms with Gasteiger partial charge in [-0.15, -0.1) is 0 Å². The highest BCUT2D eigenvalue weighted by Crippen LogP contribution is 2.06. The summed E-state index contributed by atoms with van der Waals surface area (Å²) in [4.78, 5) is 3.86. The predicted molar refractivity (Wildman–Crippen MR) is 34.1 cm³/mol. The van der Waals surface area contributed by atoms with Gasteiger partial charge in [0.25, 0.3) is 5.78 Å². The van der Waals surface area contributed by atoms with Gasteiger partial charge in [0, 0.05) is 0 Å². The molecule has 0 saturated carbocycles. The molecule has 0 N–H and O–H groups in total. The first-order valence-electron chi connectivity index (χ1n) is 2.43. The van der Waals surface area contributed by atoms with Crippen molar-refractivity contribution >= 4 is 21.7 Å². The van der Waals surface area contributed by atoms with Crippen LogP contribution >= 0.6 is 15.9 Å². The Morgan fingerprint density at radius 3 is 3.10 bits per heavy atom. The Labute approximate surface area is 63.4 Å². The number of imidazole rings is 1. The molecule has 2 aromatic rings. The fourth-order valence-corrected chi connectivity index (χ4v) is 0.917. The number of aromatic nitrogens is 6. The van der Waals surface area contributed by atoms with Crippen molar-refractivity contribution < 1.29 is 0 Å². The minimum atomic E-state index is 0.432. The predicted octanol–water partition coefficient (Wildman–Crippen LogP) is -0.323. The van der Waals surface area contributed by atoms with Crippen molar-refractivity contribution in [1.29, 1.82) is 0 Å². The van der Waals surface area contributed by atoms with E-state index < -0.39 is 0 Å². The van der Waals surface area contributed by atoms with Crippen LogP contribution in [0.25, 0.3) is 5.78 Å². The third-order valence-electron chi connectivity index (χ3n) is 0.982. The second kappa shape index (κ2) is 1.94. The van der Waals surface area contributed by atoms with E-state index in [2.05, 4.69) is 41.7 Å². The lowest BCUT2D eigenvalue weighted by Crippen LogP contribution is -2.00. The molecule has 6 nitrogen and oxygen atoms in total. The molecule has 0 unspecified atom stereocenters. The topological polar surface area (TPSA) is 68.9 Å². The molecule has 50 valence electrons. The first-order chi connectivity index (χ1) is 4.88. The Morgan fingerprint density at radius 1 is 1.40 bits per heavy atom. The zero-order valence-electron chi connectivity index (χ0n) is 4.64. The zero-order chi connectivity index (χ0) is 6.97. The second-order valence-electron chi connectivity index (χ2n) is 1.56. The maximum absolute atomic E-state index is 3.86. The quantitative estimate of drug-likeness (QED) is 0.583. The lowest BCUT2D eigenvalue weighted by Gasteiger charge is -1.84. The van der Waals surface area contributed by atoms with Crippen molar-refractivity contribution in [1.82, 2.24) is 30.2 Å². The Bertz CT molecular complexity index is 355. The van der Waals surface area contributed by atoms with Crippen LogP contribution in [-0.2, 0) is 0 Å². The number of nitrogens with zero attached hydrogens (tertiary/aromatic N) is 6. The van der Waals surface area contributed by atoms with Crippen LogP contribution in [0.4, 0.5) is 0 Å². The number of fused-ring (bicyclic) bond motifs is 1. The summed E-state index contributed by atoms with van der Waals surface area (Å²) in [6, 6.07) is 0. The molecule has 0 spiro atoms. The van der Waals surface area contributed by atoms with E-state index in [-0.39, 0.29) is 0 Å². The molecule has 7 heteroatoms. The van der Waals surface area contributed by atoms with E-state index in [1.165, 1.54) is 4.52 Å². The molecule has 0 radical (unpaired) electrons. The highest BCUT2D eigenvalue weighted by molar-refractivity contribution is 9.10. The van der Waals surface area contributed by atoms with Gasteiger partial charge < -0.3 is 0 Å². The standard InChI is InChI=1S/C3HBrN6/c4-2-1-5-3-6-7-8-9-10(2)3/h1H. The van der Waals surface area contributed by atoms with Crippen LogP contribution in [-0.4, -0.2) is 30.2 Å². The van der Waals surface area contributed by atoms with Gasteiger partial charge in [-0.3, -0.25) is 0 Å². The van der Waals surface area contributed by atoms with Gasteiger partial charge >= 0.3 is 0 Å². The Balaban J connectivity index is 2.93. The van der Waals surface area contributed by atoms with Crippen molar-refractivity contribution in [2.75, 3.05) is 0 Å². The number of hydrogen-bond acceptors (Lipinski definition) is 5. The summed E-state index contributed by atoms with van der Waals surface area (Å²) in [5.41, 5.74) is 0. The van der Waals surface area contributed by atoms with E-state index >= 15 is 0 Å². The zero-order valence-corrected chi connectivity index (χ0v) is 6.22. The lowest BCUT2D eigenvalue weighted by molar-refractivity contribution is 0.657. The molecule has 0 atom stereocenters. The van der Waals surface area contributed by atoms with Crippen LogP contribution in [0.2, 0.25) is 0 Å². The largest absolute Gasteiger partial charge is 0.274 e. The fraction of sp³-hybridized carbons (Fsp3) is 0. The normalized spacial score (nSPS) is 10.5. The molecule has 0 aliphatic heterocycles. The molecule has 2 heterocycles. The fourth-order valence-electron chi connectivity index (χ4n) is 0.585. The van der Waals surface area contributed by atoms with Gasteiger partial charge in [-0.05, 0) is 31.6 Å². The molecule has 0 saturated heterocycles. The second-order valence-corrected chi connectivity index (χ2v) is 2.37. The molecule has 2 rings (SSSR count). The van der Waals surface area contributed by atoms with Crippen LogP contribution in [0.5, 0.6) is 0 Å². The van der Waals surface area contributed by atoms with Crippen LogP contribution in [0.15, 0.2) is 10.8 Å². The molecule has 2 aromatic heterocycles. The van der Waals surface area contributed by atoms with Crippen molar-refractivity contribution in [2.24, 2.45) is 0 Å². The van der Waals surface area contributed by atoms with E-state index in [0.717, 1.165) is 0 Å². The molecular weight excluding hydrogens is 200 g/mol. The van der Waals surface area contributed by atoms with E-state index in [0.29, 0.717) is 10.4 Å². The maximum atomic E-state index is 3.86. The Hall–Kier alpha value is -1.11. The van der Waals surface area contributed by atoms with E-state index in [9.17, 15) is 0 Å². The van der Waals surface area contributed by atoms with Crippen LogP contribution in [0.1, 0.15) is 0 Å². The van der Waals surface area contributed by atoms with Gasteiger partial charge in [-0.25, -0.2) is 4.98 Å². The molecule has 0 aliphatic carbocycles. The van der Waals surface area contributed by atoms with Gasteiger partial charge in [-0.1, -0.05) is 5.10 Å². The first kappa shape index (κ1) is 5.66. The minimum Gasteiger partial charge on any atom is -0.215 e. The molecule has 0 aromatic carbocycles. The molecular formula is C3HBrN6. The van der Waals surface area contributed by atoms with Crippen LogP contribution in [0.3, 0.4) is 0 Å². The summed E-state index contributed by atoms with van der Waals surface area (Å²) in [5, 5.41) is 13.9. The van der Waals surface area contributed by atoms with Gasteiger partial charge in [0.2, 0.25) is 0 Å². The minimum absolute atomic E-state index is 0.432. The van der Waals surface area contributed by atoms with Gasteiger partial charge in [0.05, 0.1) is 6.20 Å². The Morgan fingerprint density at radius 2 is 2.30 bits per heavy atom. The molecule has 0 bridgehead atoms. The summed E-state index contributed by atoms with van der Waals surface area (Å²) in [6.07, 6.45) is 1.58. The van der Waals surface area contributed by atoms with Gasteiger partial charge in [0.1, 0.15) is 4.60 Å². The third-order valence-corrected chi connectivity index (χ3v) is 1.52. The highest BCUT2D eigenvalue weighted by atomic mass is 79.9. The van der Waals surface area contributed by atoms with Crippen LogP contribution < -0.4 is 0 Å². The first-order valence-corrected chi connectivity index (χ1v) is 3.22.